The van der Waals surface area contributed by atoms with Crippen LogP contribution < -0.4 is 5.32 Å². The molecular weight excluding hydrogens is 346 g/mol. The predicted molar refractivity (Wildman–Crippen MR) is 92.7 cm³/mol. The van der Waals surface area contributed by atoms with Gasteiger partial charge >= 0.3 is 0 Å². The number of nitrogens with zero attached hydrogens (tertiary/aromatic N) is 2. The normalized spacial score (nSPS) is 17.0. The van der Waals surface area contributed by atoms with Crippen LogP contribution in [0.5, 0.6) is 0 Å². The van der Waals surface area contributed by atoms with E-state index in [1.807, 2.05) is 29.7 Å². The van der Waals surface area contributed by atoms with Crippen LogP contribution in [0.2, 0.25) is 0 Å². The van der Waals surface area contributed by atoms with Gasteiger partial charge in [-0.2, -0.15) is 0 Å². The van der Waals surface area contributed by atoms with E-state index in [9.17, 15) is 0 Å². The van der Waals surface area contributed by atoms with E-state index in [0.717, 1.165) is 29.3 Å². The quantitative estimate of drug-likeness (QED) is 0.858. The third-order valence-electron chi connectivity index (χ3n) is 3.97. The van der Waals surface area contributed by atoms with Crippen LogP contribution in [0.4, 0.5) is 5.82 Å². The molecule has 21 heavy (non-hydrogen) atoms. The van der Waals surface area contributed by atoms with Gasteiger partial charge in [-0.25, -0.2) is 4.98 Å². The van der Waals surface area contributed by atoms with E-state index < -0.39 is 0 Å². The molecule has 112 valence electrons. The van der Waals surface area contributed by atoms with Crippen molar-refractivity contribution in [3.05, 3.63) is 45.2 Å². The van der Waals surface area contributed by atoms with Gasteiger partial charge in [-0.3, -0.25) is 4.90 Å². The molecular formula is C16H20BrN3S. The first-order valence-corrected chi connectivity index (χ1v) is 9.07. The Kier molecular flexibility index (Phi) is 5.27. The molecule has 0 spiro atoms. The van der Waals surface area contributed by atoms with Gasteiger partial charge in [0.2, 0.25) is 0 Å². The van der Waals surface area contributed by atoms with Gasteiger partial charge in [0, 0.05) is 28.6 Å². The molecule has 0 amide bonds. The lowest BCUT2D eigenvalue weighted by atomic mass is 9.97. The molecule has 1 saturated heterocycles. The van der Waals surface area contributed by atoms with Crippen LogP contribution in [-0.2, 0) is 6.54 Å². The van der Waals surface area contributed by atoms with E-state index >= 15 is 0 Å². The zero-order chi connectivity index (χ0) is 14.5. The molecule has 1 aliphatic heterocycles. The van der Waals surface area contributed by atoms with Crippen molar-refractivity contribution in [3.63, 3.8) is 0 Å². The third-order valence-corrected chi connectivity index (χ3v) is 5.30. The summed E-state index contributed by atoms with van der Waals surface area (Å²) in [6, 6.07) is 8.42. The standard InChI is InChI=1S/C16H20BrN3S/c17-14-3-4-16(19-11-14)18-10-13-5-7-20(8-6-13)12-15-2-1-9-21-15/h1-4,9,11,13H,5-8,10,12H2,(H,18,19). The summed E-state index contributed by atoms with van der Waals surface area (Å²) in [4.78, 5) is 8.41. The first kappa shape index (κ1) is 15.0. The number of piperidine rings is 1. The second-order valence-corrected chi connectivity index (χ2v) is 7.49. The molecule has 2 aromatic rings. The molecule has 0 bridgehead atoms. The topological polar surface area (TPSA) is 28.2 Å². The number of thiophene rings is 1. The molecule has 3 rings (SSSR count). The highest BCUT2D eigenvalue weighted by Gasteiger charge is 2.19. The van der Waals surface area contributed by atoms with E-state index in [-0.39, 0.29) is 0 Å². The molecule has 0 radical (unpaired) electrons. The van der Waals surface area contributed by atoms with E-state index in [4.69, 9.17) is 0 Å². The van der Waals surface area contributed by atoms with E-state index in [1.165, 1.54) is 30.8 Å². The Morgan fingerprint density at radius 3 is 2.81 bits per heavy atom. The minimum absolute atomic E-state index is 0.759. The lowest BCUT2D eigenvalue weighted by Crippen LogP contribution is -2.35. The first-order valence-electron chi connectivity index (χ1n) is 7.40. The number of pyridine rings is 1. The van der Waals surface area contributed by atoms with Crippen LogP contribution in [0, 0.1) is 5.92 Å². The Morgan fingerprint density at radius 2 is 2.14 bits per heavy atom. The van der Waals surface area contributed by atoms with Crippen LogP contribution in [0.25, 0.3) is 0 Å². The zero-order valence-electron chi connectivity index (χ0n) is 12.0. The summed E-state index contributed by atoms with van der Waals surface area (Å²) >= 11 is 5.27. The molecule has 1 N–H and O–H groups in total. The molecule has 1 aliphatic rings. The van der Waals surface area contributed by atoms with E-state index in [1.54, 1.807) is 0 Å². The summed E-state index contributed by atoms with van der Waals surface area (Å²) < 4.78 is 1.02. The average molecular weight is 366 g/mol. The van der Waals surface area contributed by atoms with Gasteiger partial charge in [-0.1, -0.05) is 6.07 Å². The van der Waals surface area contributed by atoms with Gasteiger partial charge in [0.15, 0.2) is 0 Å². The fourth-order valence-corrected chi connectivity index (χ4v) is 3.68. The lowest BCUT2D eigenvalue weighted by Gasteiger charge is -2.31. The Labute approximate surface area is 138 Å². The smallest absolute Gasteiger partial charge is 0.125 e. The molecule has 1 fully saturated rings. The lowest BCUT2D eigenvalue weighted by molar-refractivity contribution is 0.184. The minimum Gasteiger partial charge on any atom is -0.370 e. The number of aromatic nitrogens is 1. The van der Waals surface area contributed by atoms with Gasteiger partial charge in [0.05, 0.1) is 0 Å². The number of anilines is 1. The predicted octanol–water partition coefficient (Wildman–Crippen LogP) is 4.23. The number of likely N-dealkylation sites (tertiary alicyclic amines) is 1. The Bertz CT molecular complexity index is 533. The number of hydrogen-bond donors (Lipinski definition) is 1. The second kappa shape index (κ2) is 7.38. The fourth-order valence-electron chi connectivity index (χ4n) is 2.70. The largest absolute Gasteiger partial charge is 0.370 e. The van der Waals surface area contributed by atoms with Gasteiger partial charge < -0.3 is 5.32 Å². The maximum atomic E-state index is 4.36. The molecule has 0 aromatic carbocycles. The summed E-state index contributed by atoms with van der Waals surface area (Å²) in [6.45, 7) is 4.56. The average Bonchev–Trinajstić information content (AvgIpc) is 3.01. The molecule has 5 heteroatoms. The Morgan fingerprint density at radius 1 is 1.29 bits per heavy atom. The van der Waals surface area contributed by atoms with Crippen molar-refractivity contribution in [1.29, 1.82) is 0 Å². The summed E-state index contributed by atoms with van der Waals surface area (Å²) in [5, 5.41) is 5.62. The number of rotatable bonds is 5. The van der Waals surface area contributed by atoms with Gasteiger partial charge in [-0.15, -0.1) is 11.3 Å². The van der Waals surface area contributed by atoms with Crippen molar-refractivity contribution in [2.45, 2.75) is 19.4 Å². The van der Waals surface area contributed by atoms with Crippen LogP contribution in [-0.4, -0.2) is 29.5 Å². The van der Waals surface area contributed by atoms with Crippen molar-refractivity contribution < 1.29 is 0 Å². The summed E-state index contributed by atoms with van der Waals surface area (Å²) in [5.41, 5.74) is 0. The van der Waals surface area contributed by atoms with Crippen molar-refractivity contribution >= 4 is 33.1 Å². The monoisotopic (exact) mass is 365 g/mol. The molecule has 0 aliphatic carbocycles. The zero-order valence-corrected chi connectivity index (χ0v) is 14.4. The van der Waals surface area contributed by atoms with Crippen LogP contribution in [0.1, 0.15) is 17.7 Å². The van der Waals surface area contributed by atoms with Crippen molar-refractivity contribution in [1.82, 2.24) is 9.88 Å². The maximum Gasteiger partial charge on any atom is 0.125 e. The number of hydrogen-bond acceptors (Lipinski definition) is 4. The first-order chi connectivity index (χ1) is 10.3. The van der Waals surface area contributed by atoms with Crippen LogP contribution in [0.15, 0.2) is 40.3 Å². The van der Waals surface area contributed by atoms with E-state index in [2.05, 4.69) is 48.6 Å². The van der Waals surface area contributed by atoms with Crippen molar-refractivity contribution in [2.75, 3.05) is 25.0 Å². The van der Waals surface area contributed by atoms with Gasteiger partial charge in [-0.05, 0) is 71.4 Å². The van der Waals surface area contributed by atoms with Gasteiger partial charge in [0.25, 0.3) is 0 Å². The number of halogens is 1. The Balaban J connectivity index is 1.40. The summed E-state index contributed by atoms with van der Waals surface area (Å²) in [6.07, 6.45) is 4.38. The van der Waals surface area contributed by atoms with Gasteiger partial charge in [0.1, 0.15) is 5.82 Å². The molecule has 3 nitrogen and oxygen atoms in total. The molecule has 0 saturated carbocycles. The molecule has 0 unspecified atom stereocenters. The Hall–Kier alpha value is -0.910. The second-order valence-electron chi connectivity index (χ2n) is 5.54. The molecule has 3 heterocycles. The SMILES string of the molecule is Brc1ccc(NCC2CCN(Cc3cccs3)CC2)nc1. The highest BCUT2D eigenvalue weighted by Crippen LogP contribution is 2.21. The summed E-state index contributed by atoms with van der Waals surface area (Å²) in [5.74, 6) is 1.73. The third kappa shape index (κ3) is 4.53. The molecule has 0 atom stereocenters. The van der Waals surface area contributed by atoms with Crippen LogP contribution >= 0.6 is 27.3 Å². The maximum absolute atomic E-state index is 4.36. The fraction of sp³-hybridized carbons (Fsp3) is 0.438. The molecule has 2 aromatic heterocycles. The minimum atomic E-state index is 0.759. The van der Waals surface area contributed by atoms with E-state index in [0.29, 0.717) is 0 Å². The summed E-state index contributed by atoms with van der Waals surface area (Å²) in [7, 11) is 0. The van der Waals surface area contributed by atoms with Crippen LogP contribution in [0.3, 0.4) is 0 Å². The van der Waals surface area contributed by atoms with Crippen molar-refractivity contribution in [2.24, 2.45) is 5.92 Å². The highest BCUT2D eigenvalue weighted by molar-refractivity contribution is 9.10. The van der Waals surface area contributed by atoms with Crippen molar-refractivity contribution in [3.8, 4) is 0 Å². The highest BCUT2D eigenvalue weighted by atomic mass is 79.9. The number of nitrogens with one attached hydrogen (secondary N) is 1.